The third-order valence-electron chi connectivity index (χ3n) is 2.81. The van der Waals surface area contributed by atoms with Gasteiger partial charge in [-0.05, 0) is 18.2 Å². The van der Waals surface area contributed by atoms with E-state index in [0.717, 1.165) is 5.56 Å². The van der Waals surface area contributed by atoms with Crippen LogP contribution in [0.5, 0.6) is 5.75 Å². The van der Waals surface area contributed by atoms with Crippen LogP contribution in [0.2, 0.25) is 0 Å². The molecule has 0 saturated carbocycles. The minimum Gasteiger partial charge on any atom is -0.495 e. The summed E-state index contributed by atoms with van der Waals surface area (Å²) in [5.41, 5.74) is 7.38. The van der Waals surface area contributed by atoms with Gasteiger partial charge in [0.15, 0.2) is 0 Å². The second-order valence-electron chi connectivity index (χ2n) is 4.14. The largest absolute Gasteiger partial charge is 0.495 e. The van der Waals surface area contributed by atoms with E-state index in [9.17, 15) is 4.79 Å². The minimum absolute atomic E-state index is 0.426. The Kier molecular flexibility index (Phi) is 4.05. The highest BCUT2D eigenvalue weighted by Crippen LogP contribution is 2.25. The van der Waals surface area contributed by atoms with Crippen molar-refractivity contribution in [1.82, 2.24) is 9.78 Å². The van der Waals surface area contributed by atoms with Crippen LogP contribution in [0.4, 0.5) is 5.69 Å². The van der Waals surface area contributed by atoms with Gasteiger partial charge in [-0.1, -0.05) is 6.58 Å². The molecule has 0 radical (unpaired) electrons. The minimum atomic E-state index is -0.477. The molecule has 0 spiro atoms. The van der Waals surface area contributed by atoms with Crippen molar-refractivity contribution in [2.24, 2.45) is 5.73 Å². The summed E-state index contributed by atoms with van der Waals surface area (Å²) in [5.74, 6) is 0.168. The van der Waals surface area contributed by atoms with Crippen molar-refractivity contribution in [3.05, 3.63) is 48.3 Å². The first-order valence-electron chi connectivity index (χ1n) is 6.01. The molecule has 104 valence electrons. The van der Waals surface area contributed by atoms with Gasteiger partial charge < -0.3 is 15.8 Å². The Bertz CT molecular complexity index is 634. The Morgan fingerprint density at radius 1 is 1.60 bits per heavy atom. The molecular formula is C14H16N4O2. The highest BCUT2D eigenvalue weighted by atomic mass is 16.5. The Labute approximate surface area is 116 Å². The quantitative estimate of drug-likeness (QED) is 0.838. The van der Waals surface area contributed by atoms with Crippen LogP contribution in [0.3, 0.4) is 0 Å². The molecule has 20 heavy (non-hydrogen) atoms. The maximum Gasteiger partial charge on any atom is 0.248 e. The van der Waals surface area contributed by atoms with Gasteiger partial charge in [0.2, 0.25) is 5.91 Å². The van der Waals surface area contributed by atoms with Gasteiger partial charge in [0, 0.05) is 30.1 Å². The van der Waals surface area contributed by atoms with Gasteiger partial charge in [-0.15, -0.1) is 0 Å². The number of rotatable bonds is 6. The van der Waals surface area contributed by atoms with Crippen LogP contribution in [0.25, 0.3) is 6.20 Å². The molecule has 0 aliphatic heterocycles. The molecule has 1 aromatic heterocycles. The van der Waals surface area contributed by atoms with E-state index >= 15 is 0 Å². The number of nitrogens with two attached hydrogens (primary N) is 1. The number of amides is 1. The van der Waals surface area contributed by atoms with E-state index in [4.69, 9.17) is 10.5 Å². The van der Waals surface area contributed by atoms with E-state index in [1.165, 1.54) is 0 Å². The summed E-state index contributed by atoms with van der Waals surface area (Å²) in [6.07, 6.45) is 5.20. The molecule has 0 aliphatic rings. The number of nitrogens with zero attached hydrogens (tertiary/aromatic N) is 2. The fourth-order valence-corrected chi connectivity index (χ4v) is 1.77. The molecule has 6 heteroatoms. The van der Waals surface area contributed by atoms with Crippen molar-refractivity contribution in [1.29, 1.82) is 0 Å². The maximum atomic E-state index is 11.2. The number of aromatic nitrogens is 2. The molecule has 2 rings (SSSR count). The third kappa shape index (κ3) is 2.97. The van der Waals surface area contributed by atoms with Gasteiger partial charge in [-0.3, -0.25) is 4.79 Å². The lowest BCUT2D eigenvalue weighted by molar-refractivity contribution is 0.100. The molecule has 0 saturated heterocycles. The fraction of sp³-hybridized carbons (Fsp3) is 0.143. The van der Waals surface area contributed by atoms with Crippen molar-refractivity contribution >= 4 is 17.8 Å². The molecule has 1 aromatic carbocycles. The molecule has 1 heterocycles. The van der Waals surface area contributed by atoms with Gasteiger partial charge in [-0.2, -0.15) is 5.10 Å². The van der Waals surface area contributed by atoms with Gasteiger partial charge in [-0.25, -0.2) is 4.68 Å². The normalized spacial score (nSPS) is 10.1. The number of anilines is 1. The lowest BCUT2D eigenvalue weighted by Gasteiger charge is -2.11. The summed E-state index contributed by atoms with van der Waals surface area (Å²) in [4.78, 5) is 11.2. The highest BCUT2D eigenvalue weighted by Gasteiger charge is 2.08. The molecule has 0 fully saturated rings. The van der Waals surface area contributed by atoms with Crippen molar-refractivity contribution in [3.8, 4) is 5.75 Å². The maximum absolute atomic E-state index is 11.2. The molecular weight excluding hydrogens is 256 g/mol. The second-order valence-corrected chi connectivity index (χ2v) is 4.14. The Morgan fingerprint density at radius 3 is 3.00 bits per heavy atom. The fourth-order valence-electron chi connectivity index (χ4n) is 1.77. The van der Waals surface area contributed by atoms with E-state index in [1.54, 1.807) is 42.4 Å². The zero-order valence-corrected chi connectivity index (χ0v) is 11.2. The van der Waals surface area contributed by atoms with Crippen LogP contribution < -0.4 is 15.8 Å². The van der Waals surface area contributed by atoms with Gasteiger partial charge >= 0.3 is 0 Å². The highest BCUT2D eigenvalue weighted by molar-refractivity contribution is 5.94. The second kappa shape index (κ2) is 5.92. The van der Waals surface area contributed by atoms with Crippen LogP contribution in [0.15, 0.2) is 37.2 Å². The first-order valence-corrected chi connectivity index (χ1v) is 6.01. The summed E-state index contributed by atoms with van der Waals surface area (Å²) in [6.45, 7) is 4.18. The number of hydrogen-bond donors (Lipinski definition) is 2. The summed E-state index contributed by atoms with van der Waals surface area (Å²) in [6, 6.07) is 5.00. The smallest absolute Gasteiger partial charge is 0.248 e. The number of hydrogen-bond acceptors (Lipinski definition) is 4. The first-order chi connectivity index (χ1) is 9.63. The predicted molar refractivity (Wildman–Crippen MR) is 77.5 cm³/mol. The molecule has 2 aromatic rings. The van der Waals surface area contributed by atoms with Crippen LogP contribution in [-0.4, -0.2) is 22.8 Å². The Morgan fingerprint density at radius 2 is 2.40 bits per heavy atom. The SMILES string of the molecule is C=Cn1cc(CNc2cc(C(N)=O)ccc2OC)cn1. The average molecular weight is 272 g/mol. The van der Waals surface area contributed by atoms with E-state index in [2.05, 4.69) is 17.0 Å². The number of carbonyl (C=O) groups is 1. The van der Waals surface area contributed by atoms with E-state index in [0.29, 0.717) is 23.5 Å². The number of methoxy groups -OCH3 is 1. The number of benzene rings is 1. The molecule has 6 nitrogen and oxygen atoms in total. The Hall–Kier alpha value is -2.76. The summed E-state index contributed by atoms with van der Waals surface area (Å²) in [5, 5.41) is 7.28. The molecule has 0 atom stereocenters. The topological polar surface area (TPSA) is 82.2 Å². The molecule has 3 N–H and O–H groups in total. The van der Waals surface area contributed by atoms with Crippen molar-refractivity contribution in [2.45, 2.75) is 6.54 Å². The number of carbonyl (C=O) groups excluding carboxylic acids is 1. The third-order valence-corrected chi connectivity index (χ3v) is 2.81. The summed E-state index contributed by atoms with van der Waals surface area (Å²) in [7, 11) is 1.57. The summed E-state index contributed by atoms with van der Waals surface area (Å²) >= 11 is 0. The zero-order chi connectivity index (χ0) is 14.5. The molecule has 0 aliphatic carbocycles. The van der Waals surface area contributed by atoms with Crippen molar-refractivity contribution < 1.29 is 9.53 Å². The van der Waals surface area contributed by atoms with E-state index in [1.807, 2.05) is 6.20 Å². The number of nitrogens with one attached hydrogen (secondary N) is 1. The van der Waals surface area contributed by atoms with Crippen LogP contribution in [0, 0.1) is 0 Å². The molecule has 0 bridgehead atoms. The first kappa shape index (κ1) is 13.7. The Balaban J connectivity index is 2.16. The van der Waals surface area contributed by atoms with E-state index < -0.39 is 5.91 Å². The van der Waals surface area contributed by atoms with Gasteiger partial charge in [0.25, 0.3) is 0 Å². The molecule has 0 unspecified atom stereocenters. The van der Waals surface area contributed by atoms with Crippen LogP contribution in [-0.2, 0) is 6.54 Å². The van der Waals surface area contributed by atoms with Crippen molar-refractivity contribution in [2.75, 3.05) is 12.4 Å². The lowest BCUT2D eigenvalue weighted by atomic mass is 10.1. The summed E-state index contributed by atoms with van der Waals surface area (Å²) < 4.78 is 6.86. The number of primary amides is 1. The zero-order valence-electron chi connectivity index (χ0n) is 11.2. The van der Waals surface area contributed by atoms with Gasteiger partial charge in [0.05, 0.1) is 19.0 Å². The van der Waals surface area contributed by atoms with E-state index in [-0.39, 0.29) is 0 Å². The van der Waals surface area contributed by atoms with Gasteiger partial charge in [0.1, 0.15) is 5.75 Å². The van der Waals surface area contributed by atoms with Crippen LogP contribution in [0.1, 0.15) is 15.9 Å². The monoisotopic (exact) mass is 272 g/mol. The molecule has 1 amide bonds. The standard InChI is InChI=1S/C14H16N4O2/c1-3-18-9-10(8-17-18)7-16-12-6-11(14(15)19)4-5-13(12)20-2/h3-6,8-9,16H,1,7H2,2H3,(H2,15,19). The van der Waals surface area contributed by atoms with Crippen LogP contribution >= 0.6 is 0 Å². The predicted octanol–water partition coefficient (Wildman–Crippen LogP) is 1.70. The lowest BCUT2D eigenvalue weighted by Crippen LogP contribution is -2.11. The van der Waals surface area contributed by atoms with Crippen molar-refractivity contribution in [3.63, 3.8) is 0 Å². The average Bonchev–Trinajstić information content (AvgIpc) is 2.92. The number of ether oxygens (including phenoxy) is 1.